The fourth-order valence-corrected chi connectivity index (χ4v) is 4.77. The molecule has 2 aliphatic rings. The lowest BCUT2D eigenvalue weighted by Gasteiger charge is -2.11. The summed E-state index contributed by atoms with van der Waals surface area (Å²) < 4.78 is 6.71. The fraction of sp³-hybridized carbons (Fsp3) is 0.182. The normalized spacial score (nSPS) is 11.8. The Hall–Kier alpha value is -3.07. The number of nitrogens with zero attached hydrogens (tertiary/aromatic N) is 3. The number of fused-ring (bicyclic) bond motifs is 2. The lowest BCUT2D eigenvalue weighted by molar-refractivity contribution is 0.555. The van der Waals surface area contributed by atoms with E-state index in [0.29, 0.717) is 54.8 Å². The minimum atomic E-state index is -0.534. The van der Waals surface area contributed by atoms with Gasteiger partial charge in [0.1, 0.15) is 17.1 Å². The number of rotatable bonds is 4. The first-order valence-corrected chi connectivity index (χ1v) is 11.1. The topological polar surface area (TPSA) is 110 Å². The van der Waals surface area contributed by atoms with Gasteiger partial charge in [0.2, 0.25) is 0 Å². The summed E-state index contributed by atoms with van der Waals surface area (Å²) in [5.41, 5.74) is 2.82. The summed E-state index contributed by atoms with van der Waals surface area (Å²) in [6.45, 7) is 3.90. The molecule has 33 heavy (non-hydrogen) atoms. The number of benzene rings is 2. The molecule has 2 N–H and O–H groups in total. The van der Waals surface area contributed by atoms with Crippen molar-refractivity contribution in [3.8, 4) is 17.1 Å². The summed E-state index contributed by atoms with van der Waals surface area (Å²) in [4.78, 5) is 36.0. The van der Waals surface area contributed by atoms with Crippen LogP contribution in [0.5, 0.6) is 0 Å². The maximum Gasteiger partial charge on any atom is 0.417 e. The lowest BCUT2D eigenvalue weighted by atomic mass is 10.1. The summed E-state index contributed by atoms with van der Waals surface area (Å²) >= 11 is 19.0. The van der Waals surface area contributed by atoms with Crippen molar-refractivity contribution in [2.45, 2.75) is 26.2 Å². The zero-order valence-corrected chi connectivity index (χ0v) is 19.6. The minimum Gasteiger partial charge on any atom is -0.408 e. The van der Waals surface area contributed by atoms with E-state index in [9.17, 15) is 9.59 Å². The molecular weight excluding hydrogens is 489 g/mol. The van der Waals surface area contributed by atoms with Crippen LogP contribution in [0.1, 0.15) is 36.8 Å². The van der Waals surface area contributed by atoms with Crippen LogP contribution >= 0.6 is 34.8 Å². The van der Waals surface area contributed by atoms with Gasteiger partial charge in [-0.25, -0.2) is 14.5 Å². The van der Waals surface area contributed by atoms with E-state index in [1.807, 2.05) is 19.9 Å². The van der Waals surface area contributed by atoms with Crippen LogP contribution in [0.4, 0.5) is 0 Å². The second-order valence-electron chi connectivity index (χ2n) is 7.90. The Kier molecular flexibility index (Phi) is 5.31. The van der Waals surface area contributed by atoms with E-state index in [1.165, 1.54) is 0 Å². The van der Waals surface area contributed by atoms with Crippen LogP contribution in [0, 0.1) is 0 Å². The molecule has 0 saturated carbocycles. The second-order valence-corrected chi connectivity index (χ2v) is 9.15. The molecule has 0 aliphatic carbocycles. The molecule has 168 valence electrons. The standard InChI is InChI=1S/C22H16Cl3N5O3/c1-9(2)18-17-20(30(29-18)19-12(24)7-11(23)8-13(19)25)27-16(28-21(17)31)6-10-3-4-14-15(5-10)33-22(32)26-14/h3-5,7-9,29H,6H2,1-2H3,(H,26,32). The molecular formula is C22H16Cl3N5O3. The number of aromatic amines is 2. The Bertz CT molecular complexity index is 1590. The highest BCUT2D eigenvalue weighted by Crippen LogP contribution is 2.36. The molecule has 0 bridgehead atoms. The van der Waals surface area contributed by atoms with Gasteiger partial charge in [-0.3, -0.25) is 14.9 Å². The zero-order chi connectivity index (χ0) is 23.4. The molecule has 0 unspecified atom stereocenters. The van der Waals surface area contributed by atoms with Crippen molar-refractivity contribution >= 4 is 45.9 Å². The molecule has 2 aliphatic heterocycles. The maximum absolute atomic E-state index is 13.1. The molecule has 3 heterocycles. The molecule has 0 saturated heterocycles. The number of hydrogen-bond acceptors (Lipinski definition) is 5. The Morgan fingerprint density at radius 3 is 2.48 bits per heavy atom. The third kappa shape index (κ3) is 3.84. The van der Waals surface area contributed by atoms with Gasteiger partial charge in [0.05, 0.1) is 21.3 Å². The first-order chi connectivity index (χ1) is 15.7. The van der Waals surface area contributed by atoms with Crippen molar-refractivity contribution in [2.24, 2.45) is 0 Å². The van der Waals surface area contributed by atoms with Crippen LogP contribution < -0.4 is 11.3 Å². The molecule has 11 heteroatoms. The smallest absolute Gasteiger partial charge is 0.408 e. The molecule has 1 aromatic heterocycles. The minimum absolute atomic E-state index is 0.0142. The van der Waals surface area contributed by atoms with Crippen LogP contribution in [0.25, 0.3) is 28.2 Å². The summed E-state index contributed by atoms with van der Waals surface area (Å²) in [6, 6.07) is 8.39. The average molecular weight is 505 g/mol. The van der Waals surface area contributed by atoms with E-state index in [4.69, 9.17) is 39.2 Å². The van der Waals surface area contributed by atoms with Gasteiger partial charge < -0.3 is 4.42 Å². The molecule has 0 amide bonds. The molecule has 5 rings (SSSR count). The quantitative estimate of drug-likeness (QED) is 0.351. The average Bonchev–Trinajstić information content (AvgIpc) is 3.27. The molecule has 2 aromatic carbocycles. The number of nitrogens with one attached hydrogen (secondary N) is 2. The Balaban J connectivity index is 1.69. The molecule has 0 radical (unpaired) electrons. The van der Waals surface area contributed by atoms with Gasteiger partial charge in [-0.2, -0.15) is 4.98 Å². The van der Waals surface area contributed by atoms with E-state index < -0.39 is 11.3 Å². The van der Waals surface area contributed by atoms with Gasteiger partial charge >= 0.3 is 5.76 Å². The largest absolute Gasteiger partial charge is 0.417 e. The van der Waals surface area contributed by atoms with Crippen LogP contribution in [0.15, 0.2) is 44.3 Å². The van der Waals surface area contributed by atoms with E-state index in [-0.39, 0.29) is 12.3 Å². The van der Waals surface area contributed by atoms with Crippen molar-refractivity contribution in [3.05, 3.63) is 83.4 Å². The second kappa shape index (κ2) is 8.06. The van der Waals surface area contributed by atoms with Crippen LogP contribution in [0.2, 0.25) is 15.1 Å². The van der Waals surface area contributed by atoms with Gasteiger partial charge in [-0.05, 0) is 35.7 Å². The third-order valence-electron chi connectivity index (χ3n) is 5.25. The number of oxazole rings is 1. The first-order valence-electron chi connectivity index (χ1n) is 9.99. The Labute approximate surface area is 201 Å². The van der Waals surface area contributed by atoms with Crippen molar-refractivity contribution in [1.29, 1.82) is 0 Å². The van der Waals surface area contributed by atoms with Gasteiger partial charge in [0.15, 0.2) is 11.4 Å². The number of aromatic nitrogens is 5. The molecule has 0 spiro atoms. The van der Waals surface area contributed by atoms with Gasteiger partial charge in [0.25, 0.3) is 5.56 Å². The van der Waals surface area contributed by atoms with Crippen LogP contribution in [-0.2, 0) is 6.42 Å². The summed E-state index contributed by atoms with van der Waals surface area (Å²) in [5.74, 6) is 0.107. The van der Waals surface area contributed by atoms with Gasteiger partial charge in [0, 0.05) is 11.4 Å². The molecule has 0 atom stereocenters. The number of H-pyrrole nitrogens is 2. The predicted molar refractivity (Wildman–Crippen MR) is 127 cm³/mol. The molecule has 3 aromatic rings. The maximum atomic E-state index is 13.1. The number of hydrogen-bond donors (Lipinski definition) is 2. The van der Waals surface area contributed by atoms with Crippen molar-refractivity contribution in [2.75, 3.05) is 0 Å². The fourth-order valence-electron chi connectivity index (χ4n) is 3.79. The molecule has 8 nitrogen and oxygen atoms in total. The zero-order valence-electron chi connectivity index (χ0n) is 17.4. The number of halogens is 3. The Morgan fingerprint density at radius 1 is 1.06 bits per heavy atom. The van der Waals surface area contributed by atoms with Crippen LogP contribution in [0.3, 0.4) is 0 Å². The first kappa shape index (κ1) is 21.8. The predicted octanol–water partition coefficient (Wildman–Crippen LogP) is 5.17. The van der Waals surface area contributed by atoms with E-state index in [0.717, 1.165) is 5.56 Å². The summed E-state index contributed by atoms with van der Waals surface area (Å²) in [5, 5.41) is 4.21. The van der Waals surface area contributed by atoms with Gasteiger partial charge in [-0.1, -0.05) is 54.7 Å². The highest BCUT2D eigenvalue weighted by Gasteiger charge is 2.27. The summed E-state index contributed by atoms with van der Waals surface area (Å²) in [7, 11) is 0. The monoisotopic (exact) mass is 503 g/mol. The van der Waals surface area contributed by atoms with Crippen LogP contribution in [-0.4, -0.2) is 24.7 Å². The lowest BCUT2D eigenvalue weighted by Crippen LogP contribution is -2.17. The molecule has 0 fully saturated rings. The highest BCUT2D eigenvalue weighted by molar-refractivity contribution is 6.40. The van der Waals surface area contributed by atoms with E-state index in [2.05, 4.69) is 20.1 Å². The van der Waals surface area contributed by atoms with Crippen molar-refractivity contribution in [3.63, 3.8) is 0 Å². The summed E-state index contributed by atoms with van der Waals surface area (Å²) in [6.07, 6.45) is 0.250. The SMILES string of the molecule is CC(C)c1[nH]n(-c2c(Cl)cc(Cl)cc2Cl)c2nc(Cc3ccc4[nH]c(=O)oc4c3)nc(=O)c1-2. The van der Waals surface area contributed by atoms with Crippen molar-refractivity contribution in [1.82, 2.24) is 24.7 Å². The van der Waals surface area contributed by atoms with E-state index in [1.54, 1.807) is 28.9 Å². The Morgan fingerprint density at radius 2 is 1.79 bits per heavy atom. The highest BCUT2D eigenvalue weighted by atomic mass is 35.5. The van der Waals surface area contributed by atoms with E-state index >= 15 is 0 Å². The third-order valence-corrected chi connectivity index (χ3v) is 6.04. The van der Waals surface area contributed by atoms with Crippen molar-refractivity contribution < 1.29 is 4.42 Å². The van der Waals surface area contributed by atoms with Gasteiger partial charge in [-0.15, -0.1) is 0 Å².